The van der Waals surface area contributed by atoms with Gasteiger partial charge < -0.3 is 0 Å². The summed E-state index contributed by atoms with van der Waals surface area (Å²) in [6, 6.07) is 0. The van der Waals surface area contributed by atoms with E-state index < -0.39 is 0 Å². The van der Waals surface area contributed by atoms with Crippen LogP contribution < -0.4 is 0 Å². The van der Waals surface area contributed by atoms with Crippen molar-refractivity contribution in [3.05, 3.63) is 0 Å². The molecule has 0 N–H and O–H groups in total. The summed E-state index contributed by atoms with van der Waals surface area (Å²) in [6.07, 6.45) is 2.64. The molecular weight excluding hydrogens is 168 g/mol. The normalized spacial score (nSPS) is 16.1. The molecule has 0 saturated heterocycles. The zero-order valence-electron chi connectivity index (χ0n) is 11.6. The minimum absolute atomic E-state index is 0.423. The van der Waals surface area contributed by atoms with Crippen LogP contribution in [0.15, 0.2) is 0 Å². The van der Waals surface area contributed by atoms with Gasteiger partial charge in [0.1, 0.15) is 0 Å². The Kier molecular flexibility index (Phi) is 4.68. The van der Waals surface area contributed by atoms with Crippen molar-refractivity contribution in [3.63, 3.8) is 0 Å². The molecule has 0 rings (SSSR count). The minimum Gasteiger partial charge on any atom is -0.0654 e. The van der Waals surface area contributed by atoms with Crippen LogP contribution in [-0.4, -0.2) is 0 Å². The smallest absolute Gasteiger partial charge is 0.0291 e. The summed E-state index contributed by atoms with van der Waals surface area (Å²) in [7, 11) is 0. The lowest BCUT2D eigenvalue weighted by atomic mass is 9.60. The van der Waals surface area contributed by atoms with Gasteiger partial charge in [-0.1, -0.05) is 61.8 Å². The van der Waals surface area contributed by atoms with Crippen molar-refractivity contribution in [2.45, 2.75) is 68.2 Å². The Morgan fingerprint density at radius 1 is 0.929 bits per heavy atom. The summed E-state index contributed by atoms with van der Waals surface area (Å²) >= 11 is 0. The average Bonchev–Trinajstić information content (AvgIpc) is 1.78. The maximum Gasteiger partial charge on any atom is -0.0291 e. The van der Waals surface area contributed by atoms with Gasteiger partial charge in [-0.2, -0.15) is 0 Å². The topological polar surface area (TPSA) is 0 Å². The predicted octanol–water partition coefficient (Wildman–Crippen LogP) is 5.13. The first-order valence-corrected chi connectivity index (χ1v) is 6.13. The Hall–Kier alpha value is 0. The van der Waals surface area contributed by atoms with Crippen molar-refractivity contribution in [1.29, 1.82) is 0 Å². The second-order valence-electron chi connectivity index (χ2n) is 6.83. The maximum atomic E-state index is 2.44. The molecule has 0 bridgehead atoms. The zero-order valence-corrected chi connectivity index (χ0v) is 11.6. The third-order valence-electron chi connectivity index (χ3n) is 3.34. The van der Waals surface area contributed by atoms with Gasteiger partial charge in [0.05, 0.1) is 0 Å². The van der Waals surface area contributed by atoms with Gasteiger partial charge in [-0.25, -0.2) is 0 Å². The first-order valence-electron chi connectivity index (χ1n) is 6.13. The highest BCUT2D eigenvalue weighted by Gasteiger charge is 2.38. The Labute approximate surface area is 91.5 Å². The molecule has 0 fully saturated rings. The Bertz CT molecular complexity index is 157. The number of hydrogen-bond donors (Lipinski definition) is 0. The summed E-state index contributed by atoms with van der Waals surface area (Å²) in [5, 5.41) is 0. The van der Waals surface area contributed by atoms with Crippen LogP contribution in [0.3, 0.4) is 0 Å². The largest absolute Gasteiger partial charge is 0.0654 e. The molecule has 0 aromatic carbocycles. The second kappa shape index (κ2) is 4.68. The van der Waals surface area contributed by atoms with E-state index in [9.17, 15) is 0 Å². The number of hydrogen-bond acceptors (Lipinski definition) is 0. The predicted molar refractivity (Wildman–Crippen MR) is 66.5 cm³/mol. The van der Waals surface area contributed by atoms with Crippen LogP contribution in [0.4, 0.5) is 0 Å². The van der Waals surface area contributed by atoms with Crippen molar-refractivity contribution >= 4 is 0 Å². The molecule has 14 heavy (non-hydrogen) atoms. The van der Waals surface area contributed by atoms with Crippen molar-refractivity contribution in [1.82, 2.24) is 0 Å². The molecule has 0 amide bonds. The van der Waals surface area contributed by atoms with E-state index in [0.29, 0.717) is 10.8 Å². The molecule has 0 aromatic rings. The maximum absolute atomic E-state index is 2.44. The third-order valence-corrected chi connectivity index (χ3v) is 3.34. The van der Waals surface area contributed by atoms with Crippen molar-refractivity contribution < 1.29 is 0 Å². The molecule has 0 nitrogen and oxygen atoms in total. The minimum atomic E-state index is 0.423. The number of rotatable bonds is 4. The lowest BCUT2D eigenvalue weighted by Gasteiger charge is -2.45. The summed E-state index contributed by atoms with van der Waals surface area (Å²) in [4.78, 5) is 0. The highest BCUT2D eigenvalue weighted by molar-refractivity contribution is 4.88. The molecule has 0 heteroatoms. The fourth-order valence-electron chi connectivity index (χ4n) is 3.87. The first-order chi connectivity index (χ1) is 6.13. The molecule has 0 aliphatic heterocycles. The molecule has 0 radical (unpaired) electrons. The van der Waals surface area contributed by atoms with Gasteiger partial charge in [-0.3, -0.25) is 0 Å². The zero-order chi connectivity index (χ0) is 11.6. The monoisotopic (exact) mass is 198 g/mol. The van der Waals surface area contributed by atoms with E-state index in [0.717, 1.165) is 11.8 Å². The van der Waals surface area contributed by atoms with Gasteiger partial charge >= 0.3 is 0 Å². The standard InChI is InChI=1S/C14H30/c1-9-10-14(7,8)12(11(2)3)13(4,5)6/h11-12H,9-10H2,1-8H3. The first kappa shape index (κ1) is 14.0. The highest BCUT2D eigenvalue weighted by atomic mass is 14.4. The summed E-state index contributed by atoms with van der Waals surface area (Å²) in [5.41, 5.74) is 0.897. The van der Waals surface area contributed by atoms with Gasteiger partial charge in [-0.05, 0) is 29.1 Å². The van der Waals surface area contributed by atoms with E-state index >= 15 is 0 Å². The lowest BCUT2D eigenvalue weighted by Crippen LogP contribution is -2.38. The molecule has 1 atom stereocenters. The van der Waals surface area contributed by atoms with Gasteiger partial charge in [0, 0.05) is 0 Å². The van der Waals surface area contributed by atoms with Crippen LogP contribution in [0.25, 0.3) is 0 Å². The van der Waals surface area contributed by atoms with E-state index in [1.54, 1.807) is 0 Å². The van der Waals surface area contributed by atoms with Gasteiger partial charge in [0.25, 0.3) is 0 Å². The van der Waals surface area contributed by atoms with Crippen LogP contribution in [0, 0.1) is 22.7 Å². The van der Waals surface area contributed by atoms with Gasteiger partial charge in [-0.15, -0.1) is 0 Å². The van der Waals surface area contributed by atoms with Gasteiger partial charge in [0.15, 0.2) is 0 Å². The van der Waals surface area contributed by atoms with Gasteiger partial charge in [0.2, 0.25) is 0 Å². The van der Waals surface area contributed by atoms with Crippen LogP contribution in [0.1, 0.15) is 68.2 Å². The molecule has 1 unspecified atom stereocenters. The Morgan fingerprint density at radius 2 is 1.36 bits per heavy atom. The van der Waals surface area contributed by atoms with Crippen molar-refractivity contribution in [2.75, 3.05) is 0 Å². The SMILES string of the molecule is CCCC(C)(C)C(C(C)C)C(C)(C)C. The average molecular weight is 198 g/mol. The van der Waals surface area contributed by atoms with Crippen molar-refractivity contribution in [2.24, 2.45) is 22.7 Å². The Morgan fingerprint density at radius 3 is 1.57 bits per heavy atom. The second-order valence-corrected chi connectivity index (χ2v) is 6.83. The molecule has 0 saturated carbocycles. The molecule has 86 valence electrons. The fourth-order valence-corrected chi connectivity index (χ4v) is 3.87. The quantitative estimate of drug-likeness (QED) is 0.587. The van der Waals surface area contributed by atoms with Crippen LogP contribution >= 0.6 is 0 Å². The van der Waals surface area contributed by atoms with Crippen LogP contribution in [0.2, 0.25) is 0 Å². The van der Waals surface area contributed by atoms with E-state index in [4.69, 9.17) is 0 Å². The van der Waals surface area contributed by atoms with E-state index in [1.807, 2.05) is 0 Å². The summed E-state index contributed by atoms with van der Waals surface area (Å²) in [6.45, 7) is 19.1. The van der Waals surface area contributed by atoms with Crippen molar-refractivity contribution in [3.8, 4) is 0 Å². The Balaban J connectivity index is 4.82. The molecule has 0 aromatic heterocycles. The molecule has 0 aliphatic carbocycles. The summed E-state index contributed by atoms with van der Waals surface area (Å²) in [5.74, 6) is 1.58. The molecular formula is C14H30. The van der Waals surface area contributed by atoms with E-state index in [-0.39, 0.29) is 0 Å². The van der Waals surface area contributed by atoms with E-state index in [2.05, 4.69) is 55.4 Å². The van der Waals surface area contributed by atoms with Crippen LogP contribution in [0.5, 0.6) is 0 Å². The molecule has 0 spiro atoms. The van der Waals surface area contributed by atoms with E-state index in [1.165, 1.54) is 12.8 Å². The fraction of sp³-hybridized carbons (Fsp3) is 1.00. The molecule has 0 heterocycles. The highest BCUT2D eigenvalue weighted by Crippen LogP contribution is 2.47. The molecule has 0 aliphatic rings. The summed E-state index contributed by atoms with van der Waals surface area (Å²) < 4.78 is 0. The third kappa shape index (κ3) is 3.63. The van der Waals surface area contributed by atoms with Crippen LogP contribution in [-0.2, 0) is 0 Å². The lowest BCUT2D eigenvalue weighted by molar-refractivity contribution is 0.0366.